The number of allylic oxidation sites excluding steroid dienone is 2. The Labute approximate surface area is 140 Å². The molecule has 5 nitrogen and oxygen atoms in total. The molecule has 3 rings (SSSR count). The second kappa shape index (κ2) is 6.15. The molecule has 1 aromatic heterocycles. The Kier molecular flexibility index (Phi) is 4.18. The van der Waals surface area contributed by atoms with Gasteiger partial charge in [-0.25, -0.2) is 0 Å². The average Bonchev–Trinajstić information content (AvgIpc) is 3.29. The molecule has 1 aliphatic carbocycles. The molecule has 2 N–H and O–H groups in total. The van der Waals surface area contributed by atoms with Crippen molar-refractivity contribution in [2.75, 3.05) is 0 Å². The maximum atomic E-state index is 11.7. The molecule has 1 aromatic carbocycles. The molecule has 24 heavy (non-hydrogen) atoms. The van der Waals surface area contributed by atoms with Crippen LogP contribution in [0.15, 0.2) is 40.4 Å². The lowest BCUT2D eigenvalue weighted by Gasteiger charge is -2.11. The van der Waals surface area contributed by atoms with Crippen molar-refractivity contribution < 1.29 is 19.5 Å². The van der Waals surface area contributed by atoms with Crippen LogP contribution in [-0.2, 0) is 16.6 Å². The Hall–Kier alpha value is -2.56. The third kappa shape index (κ3) is 2.70. The molecule has 0 saturated heterocycles. The molecular formula is C19H21NO4. The zero-order valence-electron chi connectivity index (χ0n) is 13.9. The zero-order valence-corrected chi connectivity index (χ0v) is 13.9. The van der Waals surface area contributed by atoms with Gasteiger partial charge in [-0.05, 0) is 56.9 Å². The Morgan fingerprint density at radius 2 is 2.00 bits per heavy atom. The first kappa shape index (κ1) is 16.3. The Morgan fingerprint density at radius 3 is 2.50 bits per heavy atom. The third-order valence-corrected chi connectivity index (χ3v) is 4.79. The molecule has 126 valence electrons. The van der Waals surface area contributed by atoms with Gasteiger partial charge in [0.15, 0.2) is 5.76 Å². The van der Waals surface area contributed by atoms with Crippen LogP contribution < -0.4 is 0 Å². The van der Waals surface area contributed by atoms with Crippen molar-refractivity contribution in [1.29, 1.82) is 0 Å². The summed E-state index contributed by atoms with van der Waals surface area (Å²) in [5.74, 6) is -0.197. The first-order chi connectivity index (χ1) is 11.5. The number of aromatic hydroxyl groups is 1. The maximum Gasteiger partial charge on any atom is 0.317 e. The van der Waals surface area contributed by atoms with Gasteiger partial charge >= 0.3 is 5.97 Å². The minimum absolute atomic E-state index is 0.177. The highest BCUT2D eigenvalue weighted by atomic mass is 16.5. The molecule has 0 aliphatic heterocycles. The van der Waals surface area contributed by atoms with E-state index in [0.717, 1.165) is 17.5 Å². The topological polar surface area (TPSA) is 83.6 Å². The van der Waals surface area contributed by atoms with Gasteiger partial charge < -0.3 is 14.7 Å². The Balaban J connectivity index is 2.11. The zero-order chi connectivity index (χ0) is 17.3. The molecule has 0 amide bonds. The van der Waals surface area contributed by atoms with Gasteiger partial charge in [-0.3, -0.25) is 4.79 Å². The van der Waals surface area contributed by atoms with Gasteiger partial charge in [-0.1, -0.05) is 23.7 Å². The second-order valence-electron chi connectivity index (χ2n) is 6.25. The van der Waals surface area contributed by atoms with Crippen LogP contribution in [0.2, 0.25) is 0 Å². The fourth-order valence-electron chi connectivity index (χ4n) is 3.02. The number of nitrogens with zero attached hydrogens (tertiary/aromatic N) is 1. The van der Waals surface area contributed by atoms with Crippen molar-refractivity contribution in [1.82, 2.24) is 5.16 Å². The SMILES string of the molecule is C/C=C(\CC)Cc1c(-c2ccc(O)cc2)noc1C1(C(=O)O)CC1. The number of hydrogen-bond acceptors (Lipinski definition) is 4. The normalized spacial score (nSPS) is 16.2. The van der Waals surface area contributed by atoms with E-state index in [1.54, 1.807) is 24.3 Å². The maximum absolute atomic E-state index is 11.7. The molecule has 1 saturated carbocycles. The number of hydrogen-bond donors (Lipinski definition) is 2. The van der Waals surface area contributed by atoms with E-state index in [2.05, 4.69) is 18.2 Å². The van der Waals surface area contributed by atoms with Crippen molar-refractivity contribution in [3.05, 3.63) is 47.2 Å². The highest BCUT2D eigenvalue weighted by Crippen LogP contribution is 2.51. The quantitative estimate of drug-likeness (QED) is 0.782. The first-order valence-electron chi connectivity index (χ1n) is 8.17. The largest absolute Gasteiger partial charge is 0.508 e. The van der Waals surface area contributed by atoms with Crippen LogP contribution in [0.4, 0.5) is 0 Å². The summed E-state index contributed by atoms with van der Waals surface area (Å²) < 4.78 is 5.54. The molecule has 0 atom stereocenters. The van der Waals surface area contributed by atoms with Crippen molar-refractivity contribution in [3.63, 3.8) is 0 Å². The number of carboxylic acid groups (broad SMARTS) is 1. The van der Waals surface area contributed by atoms with Crippen molar-refractivity contribution in [2.24, 2.45) is 0 Å². The van der Waals surface area contributed by atoms with E-state index < -0.39 is 11.4 Å². The first-order valence-corrected chi connectivity index (χ1v) is 8.17. The monoisotopic (exact) mass is 327 g/mol. The summed E-state index contributed by atoms with van der Waals surface area (Å²) in [6.45, 7) is 4.06. The molecule has 1 heterocycles. The summed E-state index contributed by atoms with van der Waals surface area (Å²) in [5.41, 5.74) is 2.59. The lowest BCUT2D eigenvalue weighted by Crippen LogP contribution is -2.20. The van der Waals surface area contributed by atoms with Gasteiger partial charge in [-0.15, -0.1) is 0 Å². The lowest BCUT2D eigenvalue weighted by atomic mass is 9.91. The number of carboxylic acids is 1. The Morgan fingerprint density at radius 1 is 1.33 bits per heavy atom. The Bertz CT molecular complexity index is 782. The molecule has 5 heteroatoms. The molecule has 0 bridgehead atoms. The van der Waals surface area contributed by atoms with E-state index in [-0.39, 0.29) is 5.75 Å². The number of aromatic nitrogens is 1. The van der Waals surface area contributed by atoms with E-state index >= 15 is 0 Å². The van der Waals surface area contributed by atoms with Crippen molar-refractivity contribution >= 4 is 5.97 Å². The van der Waals surface area contributed by atoms with Gasteiger partial charge in [-0.2, -0.15) is 0 Å². The van der Waals surface area contributed by atoms with E-state index in [4.69, 9.17) is 4.52 Å². The lowest BCUT2D eigenvalue weighted by molar-refractivity contribution is -0.140. The van der Waals surface area contributed by atoms with Gasteiger partial charge in [0, 0.05) is 11.1 Å². The number of aliphatic carboxylic acids is 1. The van der Waals surface area contributed by atoms with Crippen LogP contribution in [0.3, 0.4) is 0 Å². The van der Waals surface area contributed by atoms with E-state index in [1.165, 1.54) is 5.57 Å². The predicted molar refractivity (Wildman–Crippen MR) is 89.9 cm³/mol. The van der Waals surface area contributed by atoms with Gasteiger partial charge in [0.1, 0.15) is 16.9 Å². The molecule has 0 spiro atoms. The number of rotatable bonds is 6. The van der Waals surface area contributed by atoms with Gasteiger partial charge in [0.05, 0.1) is 0 Å². The van der Waals surface area contributed by atoms with E-state index in [9.17, 15) is 15.0 Å². The fraction of sp³-hybridized carbons (Fsp3) is 0.368. The van der Waals surface area contributed by atoms with Crippen molar-refractivity contribution in [3.8, 4) is 17.0 Å². The van der Waals surface area contributed by atoms with Gasteiger partial charge in [0.2, 0.25) is 0 Å². The highest BCUT2D eigenvalue weighted by molar-refractivity contribution is 5.85. The van der Waals surface area contributed by atoms with Crippen LogP contribution in [0.25, 0.3) is 11.3 Å². The van der Waals surface area contributed by atoms with E-state index in [0.29, 0.717) is 30.7 Å². The van der Waals surface area contributed by atoms with Crippen LogP contribution in [0, 0.1) is 0 Å². The van der Waals surface area contributed by atoms with Crippen LogP contribution in [-0.4, -0.2) is 21.3 Å². The minimum Gasteiger partial charge on any atom is -0.508 e. The average molecular weight is 327 g/mol. The molecule has 0 unspecified atom stereocenters. The highest BCUT2D eigenvalue weighted by Gasteiger charge is 2.56. The predicted octanol–water partition coefficient (Wildman–Crippen LogP) is 4.06. The summed E-state index contributed by atoms with van der Waals surface area (Å²) in [7, 11) is 0. The smallest absolute Gasteiger partial charge is 0.317 e. The summed E-state index contributed by atoms with van der Waals surface area (Å²) in [6, 6.07) is 6.71. The number of phenols is 1. The second-order valence-corrected chi connectivity index (χ2v) is 6.25. The molecule has 1 fully saturated rings. The summed E-state index contributed by atoms with van der Waals surface area (Å²) >= 11 is 0. The number of benzene rings is 1. The summed E-state index contributed by atoms with van der Waals surface area (Å²) in [4.78, 5) is 11.7. The molecular weight excluding hydrogens is 306 g/mol. The molecule has 1 aliphatic rings. The fourth-order valence-corrected chi connectivity index (χ4v) is 3.02. The molecule has 0 radical (unpaired) electrons. The van der Waals surface area contributed by atoms with Crippen LogP contribution >= 0.6 is 0 Å². The minimum atomic E-state index is -0.926. The number of phenolic OH excluding ortho intramolecular Hbond substituents is 1. The summed E-state index contributed by atoms with van der Waals surface area (Å²) in [5, 5.41) is 23.3. The van der Waals surface area contributed by atoms with Crippen molar-refractivity contribution in [2.45, 2.75) is 44.9 Å². The molecule has 2 aromatic rings. The third-order valence-electron chi connectivity index (χ3n) is 4.79. The standard InChI is InChI=1S/C19H21NO4/c1-3-12(4-2)11-15-16(13-5-7-14(21)8-6-13)20-24-17(15)19(9-10-19)18(22)23/h3,5-8,21H,4,9-11H2,1-2H3,(H,22,23)/b12-3+. The van der Waals surface area contributed by atoms with Gasteiger partial charge in [0.25, 0.3) is 0 Å². The number of carbonyl (C=O) groups is 1. The van der Waals surface area contributed by atoms with Crippen LogP contribution in [0.5, 0.6) is 5.75 Å². The summed E-state index contributed by atoms with van der Waals surface area (Å²) in [6.07, 6.45) is 4.72. The van der Waals surface area contributed by atoms with Crippen LogP contribution in [0.1, 0.15) is 44.4 Å². The van der Waals surface area contributed by atoms with E-state index in [1.807, 2.05) is 6.92 Å².